The zero-order chi connectivity index (χ0) is 16.2. The maximum absolute atomic E-state index is 11.7. The quantitative estimate of drug-likeness (QED) is 0.883. The molecule has 0 unspecified atom stereocenters. The lowest BCUT2D eigenvalue weighted by Gasteiger charge is -2.22. The Hall–Kier alpha value is -1.46. The highest BCUT2D eigenvalue weighted by atomic mass is 35.5. The topological polar surface area (TPSA) is 75.6 Å². The summed E-state index contributed by atoms with van der Waals surface area (Å²) in [6, 6.07) is 3.69. The Morgan fingerprint density at radius 2 is 1.81 bits per heavy atom. The molecule has 0 aliphatic rings. The first-order chi connectivity index (χ1) is 9.60. The molecule has 0 spiro atoms. The number of benzene rings is 1. The van der Waals surface area contributed by atoms with Crippen molar-refractivity contribution in [2.45, 2.75) is 38.8 Å². The highest BCUT2D eigenvalue weighted by Gasteiger charge is 2.25. The molecule has 1 amide bonds. The minimum Gasteiger partial charge on any atom is -0.480 e. The van der Waals surface area contributed by atoms with Gasteiger partial charge in [0.25, 0.3) is 0 Å². The molecule has 5 nitrogen and oxygen atoms in total. The number of hydrogen-bond acceptors (Lipinski definition) is 3. The average molecular weight is 334 g/mol. The van der Waals surface area contributed by atoms with Crippen molar-refractivity contribution in [2.24, 2.45) is 0 Å². The largest absolute Gasteiger partial charge is 0.480 e. The first-order valence-electron chi connectivity index (χ1n) is 6.25. The second-order valence-corrected chi connectivity index (χ2v) is 6.26. The Balaban J connectivity index is 2.84. The Morgan fingerprint density at radius 1 is 1.29 bits per heavy atom. The van der Waals surface area contributed by atoms with Gasteiger partial charge in [0.05, 0.1) is 0 Å². The monoisotopic (exact) mass is 333 g/mol. The van der Waals surface area contributed by atoms with Crippen molar-refractivity contribution in [3.63, 3.8) is 0 Å². The van der Waals surface area contributed by atoms with E-state index in [1.54, 1.807) is 39.0 Å². The molecule has 0 saturated carbocycles. The van der Waals surface area contributed by atoms with Crippen LogP contribution in [0.3, 0.4) is 0 Å². The van der Waals surface area contributed by atoms with Crippen molar-refractivity contribution in [1.29, 1.82) is 0 Å². The summed E-state index contributed by atoms with van der Waals surface area (Å²) in [6.07, 6.45) is -0.842. The van der Waals surface area contributed by atoms with Gasteiger partial charge in [0.15, 0.2) is 0 Å². The Morgan fingerprint density at radius 3 is 2.24 bits per heavy atom. The summed E-state index contributed by atoms with van der Waals surface area (Å²) in [5.74, 6) is -1.20. The summed E-state index contributed by atoms with van der Waals surface area (Å²) in [5.41, 5.74) is -0.251. The van der Waals surface area contributed by atoms with Crippen LogP contribution in [0.15, 0.2) is 18.2 Å². The van der Waals surface area contributed by atoms with Gasteiger partial charge < -0.3 is 15.2 Å². The van der Waals surface area contributed by atoms with Crippen LogP contribution in [0.5, 0.6) is 0 Å². The minimum absolute atomic E-state index is 0.0346. The first-order valence-corrected chi connectivity index (χ1v) is 7.01. The van der Waals surface area contributed by atoms with Gasteiger partial charge in [0, 0.05) is 16.5 Å². The Labute approximate surface area is 133 Å². The molecule has 1 aromatic rings. The van der Waals surface area contributed by atoms with Gasteiger partial charge in [-0.15, -0.1) is 0 Å². The second kappa shape index (κ2) is 7.00. The number of halogens is 2. The van der Waals surface area contributed by atoms with Crippen LogP contribution in [0.1, 0.15) is 26.3 Å². The predicted molar refractivity (Wildman–Crippen MR) is 81.0 cm³/mol. The number of alkyl carbamates (subject to hydrolysis) is 1. The number of amides is 1. The molecule has 21 heavy (non-hydrogen) atoms. The molecule has 2 N–H and O–H groups in total. The fourth-order valence-electron chi connectivity index (χ4n) is 1.58. The van der Waals surface area contributed by atoms with Crippen LogP contribution in [0.4, 0.5) is 4.79 Å². The van der Waals surface area contributed by atoms with E-state index in [0.717, 1.165) is 0 Å². The van der Waals surface area contributed by atoms with Crippen LogP contribution in [-0.2, 0) is 16.0 Å². The third-order valence-corrected chi connectivity index (χ3v) is 3.17. The molecule has 0 heterocycles. The van der Waals surface area contributed by atoms with Gasteiger partial charge >= 0.3 is 12.1 Å². The Bertz CT molecular complexity index is 520. The van der Waals surface area contributed by atoms with E-state index in [1.165, 1.54) is 0 Å². The second-order valence-electron chi connectivity index (χ2n) is 5.44. The zero-order valence-electron chi connectivity index (χ0n) is 11.9. The van der Waals surface area contributed by atoms with Crippen LogP contribution in [0.2, 0.25) is 10.0 Å². The van der Waals surface area contributed by atoms with Crippen molar-refractivity contribution in [3.8, 4) is 0 Å². The number of aliphatic carboxylic acids is 1. The summed E-state index contributed by atoms with van der Waals surface area (Å²) in [5, 5.41) is 12.2. The molecule has 1 rings (SSSR count). The lowest BCUT2D eigenvalue weighted by atomic mass is 10.1. The highest BCUT2D eigenvalue weighted by molar-refractivity contribution is 6.36. The third-order valence-electron chi connectivity index (χ3n) is 2.46. The number of carbonyl (C=O) groups excluding carboxylic acids is 1. The van der Waals surface area contributed by atoms with E-state index >= 15 is 0 Å². The maximum atomic E-state index is 11.7. The SMILES string of the molecule is CC(C)(C)OC(=O)N[C@@H](Cc1c(Cl)cccc1Cl)C(=O)O. The van der Waals surface area contributed by atoms with Gasteiger partial charge in [-0.25, -0.2) is 9.59 Å². The maximum Gasteiger partial charge on any atom is 0.408 e. The molecular formula is C14H17Cl2NO4. The summed E-state index contributed by atoms with van der Waals surface area (Å²) >= 11 is 12.0. The van der Waals surface area contributed by atoms with Crippen molar-refractivity contribution >= 4 is 35.3 Å². The molecule has 0 bridgehead atoms. The van der Waals surface area contributed by atoms with Gasteiger partial charge in [-0.3, -0.25) is 0 Å². The lowest BCUT2D eigenvalue weighted by Crippen LogP contribution is -2.44. The Kier molecular flexibility index (Phi) is 5.87. The third kappa shape index (κ3) is 5.81. The lowest BCUT2D eigenvalue weighted by molar-refractivity contribution is -0.139. The van der Waals surface area contributed by atoms with Gasteiger partial charge in [-0.1, -0.05) is 29.3 Å². The van der Waals surface area contributed by atoms with Gasteiger partial charge in [-0.05, 0) is 38.5 Å². The average Bonchev–Trinajstić information content (AvgIpc) is 2.29. The fourth-order valence-corrected chi connectivity index (χ4v) is 2.13. The molecule has 0 saturated heterocycles. The number of carbonyl (C=O) groups is 2. The number of ether oxygens (including phenoxy) is 1. The first kappa shape index (κ1) is 17.6. The number of rotatable bonds is 4. The van der Waals surface area contributed by atoms with E-state index in [0.29, 0.717) is 15.6 Å². The normalized spacial score (nSPS) is 12.6. The molecular weight excluding hydrogens is 317 g/mol. The predicted octanol–water partition coefficient (Wildman–Crippen LogP) is 3.51. The van der Waals surface area contributed by atoms with Gasteiger partial charge in [-0.2, -0.15) is 0 Å². The van der Waals surface area contributed by atoms with E-state index < -0.39 is 23.7 Å². The van der Waals surface area contributed by atoms with E-state index in [1.807, 2.05) is 0 Å². The summed E-state index contributed by atoms with van der Waals surface area (Å²) in [4.78, 5) is 22.9. The summed E-state index contributed by atoms with van der Waals surface area (Å²) in [7, 11) is 0. The van der Waals surface area contributed by atoms with E-state index in [4.69, 9.17) is 27.9 Å². The van der Waals surface area contributed by atoms with Crippen molar-refractivity contribution in [2.75, 3.05) is 0 Å². The molecule has 116 valence electrons. The summed E-state index contributed by atoms with van der Waals surface area (Å²) in [6.45, 7) is 5.06. The zero-order valence-corrected chi connectivity index (χ0v) is 13.5. The number of carboxylic acid groups (broad SMARTS) is 1. The van der Waals surface area contributed by atoms with Crippen LogP contribution < -0.4 is 5.32 Å². The van der Waals surface area contributed by atoms with Gasteiger partial charge in [0.1, 0.15) is 11.6 Å². The van der Waals surface area contributed by atoms with Crippen LogP contribution in [-0.4, -0.2) is 28.8 Å². The number of nitrogens with one attached hydrogen (secondary N) is 1. The van der Waals surface area contributed by atoms with Crippen LogP contribution in [0, 0.1) is 0 Å². The van der Waals surface area contributed by atoms with Gasteiger partial charge in [0.2, 0.25) is 0 Å². The van der Waals surface area contributed by atoms with Crippen molar-refractivity contribution < 1.29 is 19.4 Å². The van der Waals surface area contributed by atoms with E-state index in [9.17, 15) is 14.7 Å². The molecule has 0 radical (unpaired) electrons. The molecule has 0 fully saturated rings. The smallest absolute Gasteiger partial charge is 0.408 e. The standard InChI is InChI=1S/C14H17Cl2NO4/c1-14(2,3)21-13(20)17-11(12(18)19)7-8-9(15)5-4-6-10(8)16/h4-6,11H,7H2,1-3H3,(H,17,20)(H,18,19)/t11-/m0/s1. The summed E-state index contributed by atoms with van der Waals surface area (Å²) < 4.78 is 5.04. The van der Waals surface area contributed by atoms with E-state index in [-0.39, 0.29) is 6.42 Å². The fraction of sp³-hybridized carbons (Fsp3) is 0.429. The number of carboxylic acids is 1. The molecule has 0 aliphatic carbocycles. The molecule has 0 aromatic heterocycles. The molecule has 1 atom stereocenters. The molecule has 0 aliphatic heterocycles. The van der Waals surface area contributed by atoms with Crippen molar-refractivity contribution in [3.05, 3.63) is 33.8 Å². The van der Waals surface area contributed by atoms with Crippen LogP contribution >= 0.6 is 23.2 Å². The molecule has 1 aromatic carbocycles. The molecule has 7 heteroatoms. The number of hydrogen-bond donors (Lipinski definition) is 2. The van der Waals surface area contributed by atoms with Crippen LogP contribution in [0.25, 0.3) is 0 Å². The van der Waals surface area contributed by atoms with Crippen molar-refractivity contribution in [1.82, 2.24) is 5.32 Å². The van der Waals surface area contributed by atoms with E-state index in [2.05, 4.69) is 5.32 Å². The minimum atomic E-state index is -1.20. The highest BCUT2D eigenvalue weighted by Crippen LogP contribution is 2.25.